The van der Waals surface area contributed by atoms with E-state index >= 15 is 0 Å². The minimum Gasteiger partial charge on any atom is -0.378 e. The highest BCUT2D eigenvalue weighted by Crippen LogP contribution is 2.34. The summed E-state index contributed by atoms with van der Waals surface area (Å²) in [6, 6.07) is 4.10. The summed E-state index contributed by atoms with van der Waals surface area (Å²) in [5.74, 6) is -1.45. The van der Waals surface area contributed by atoms with Crippen LogP contribution >= 0.6 is 34.4 Å². The van der Waals surface area contributed by atoms with Crippen LogP contribution in [-0.4, -0.2) is 97.6 Å². The summed E-state index contributed by atoms with van der Waals surface area (Å²) < 4.78 is 22.7. The van der Waals surface area contributed by atoms with E-state index in [0.717, 1.165) is 15.9 Å². The zero-order valence-corrected chi connectivity index (χ0v) is 22.3. The number of nitrogens with one attached hydrogen (secondary N) is 1. The van der Waals surface area contributed by atoms with Gasteiger partial charge >= 0.3 is 0 Å². The molecule has 1 fully saturated rings. The van der Waals surface area contributed by atoms with Crippen LogP contribution in [0.3, 0.4) is 0 Å². The molecule has 1 aromatic rings. The lowest BCUT2D eigenvalue weighted by Crippen LogP contribution is -2.54. The second-order valence-electron chi connectivity index (χ2n) is 7.61. The van der Waals surface area contributed by atoms with Crippen molar-refractivity contribution in [2.24, 2.45) is 0 Å². The second-order valence-corrected chi connectivity index (χ2v) is 9.83. The number of alkyl halides is 1. The molecule has 1 aromatic carbocycles. The predicted molar refractivity (Wildman–Crippen MR) is 136 cm³/mol. The monoisotopic (exact) mass is 620 g/mol. The third kappa shape index (κ3) is 7.95. The number of hydrogen-bond donors (Lipinski definition) is 1. The summed E-state index contributed by atoms with van der Waals surface area (Å²) in [5, 5.41) is 2.20. The van der Waals surface area contributed by atoms with Gasteiger partial charge in [-0.3, -0.25) is 29.4 Å². The molecule has 4 amide bonds. The molecule has 192 valence electrons. The van der Waals surface area contributed by atoms with Crippen LogP contribution in [0, 0.1) is 0 Å². The van der Waals surface area contributed by atoms with Crippen molar-refractivity contribution in [1.29, 1.82) is 0 Å². The fraction of sp³-hybridized carbons (Fsp3) is 0.565. The van der Waals surface area contributed by atoms with E-state index in [9.17, 15) is 19.2 Å². The van der Waals surface area contributed by atoms with Crippen molar-refractivity contribution in [2.75, 3.05) is 63.0 Å². The summed E-state index contributed by atoms with van der Waals surface area (Å²) in [6.45, 7) is 4.20. The molecule has 0 radical (unpaired) electrons. The molecule has 0 aromatic heterocycles. The van der Waals surface area contributed by atoms with Crippen LogP contribution in [-0.2, 0) is 28.5 Å². The molecule has 0 aliphatic carbocycles. The van der Waals surface area contributed by atoms with Gasteiger partial charge in [-0.15, -0.1) is 11.8 Å². The Morgan fingerprint density at radius 2 is 1.51 bits per heavy atom. The largest absolute Gasteiger partial charge is 0.378 e. The molecule has 2 aliphatic heterocycles. The van der Waals surface area contributed by atoms with Crippen LogP contribution in [0.1, 0.15) is 33.6 Å². The molecule has 1 saturated heterocycles. The Morgan fingerprint density at radius 3 is 2.14 bits per heavy atom. The number of imide groups is 2. The Morgan fingerprint density at radius 1 is 0.886 bits per heavy atom. The highest BCUT2D eigenvalue weighted by Gasteiger charge is 2.45. The van der Waals surface area contributed by atoms with E-state index in [2.05, 4.69) is 27.9 Å². The lowest BCUT2D eigenvalue weighted by atomic mass is 10.0. The average molecular weight is 620 g/mol. The first-order valence-corrected chi connectivity index (χ1v) is 13.9. The first-order chi connectivity index (χ1) is 17.0. The lowest BCUT2D eigenvalue weighted by molar-refractivity contribution is -0.136. The number of amides is 4. The van der Waals surface area contributed by atoms with E-state index in [4.69, 9.17) is 18.9 Å². The summed E-state index contributed by atoms with van der Waals surface area (Å²) >= 11 is 3.67. The third-order valence-electron chi connectivity index (χ3n) is 5.25. The number of benzene rings is 1. The molecule has 0 bridgehead atoms. The first-order valence-electron chi connectivity index (χ1n) is 11.4. The zero-order chi connectivity index (χ0) is 25.0. The number of piperidine rings is 1. The van der Waals surface area contributed by atoms with E-state index in [0.29, 0.717) is 62.5 Å². The van der Waals surface area contributed by atoms with E-state index < -0.39 is 29.7 Å². The molecule has 1 atom stereocenters. The number of hydrogen-bond acceptors (Lipinski definition) is 9. The standard InChI is InChI=1S/C23H29IN2O8S/c24-6-7-31-8-9-32-10-11-33-12-13-34-14-15-35-18-3-1-2-16-20(18)23(30)26(22(16)29)17-4-5-19(27)25-21(17)28/h1-3,17H,4-15H2,(H,25,27,28). The van der Waals surface area contributed by atoms with E-state index in [-0.39, 0.29) is 18.4 Å². The number of halogens is 1. The Kier molecular flexibility index (Phi) is 11.9. The first kappa shape index (κ1) is 28.0. The molecule has 35 heavy (non-hydrogen) atoms. The van der Waals surface area contributed by atoms with Crippen molar-refractivity contribution in [3.63, 3.8) is 0 Å². The number of rotatable bonds is 16. The minimum absolute atomic E-state index is 0.0906. The Bertz CT molecular complexity index is 916. The predicted octanol–water partition coefficient (Wildman–Crippen LogP) is 1.68. The summed E-state index contributed by atoms with van der Waals surface area (Å²) in [5.41, 5.74) is 0.577. The Labute approximate surface area is 221 Å². The van der Waals surface area contributed by atoms with E-state index in [1.54, 1.807) is 18.2 Å². The number of fused-ring (bicyclic) bond motifs is 1. The molecule has 0 spiro atoms. The van der Waals surface area contributed by atoms with Gasteiger partial charge in [0, 0.05) is 21.5 Å². The average Bonchev–Trinajstić information content (AvgIpc) is 3.10. The number of thioether (sulfide) groups is 1. The van der Waals surface area contributed by atoms with Crippen LogP contribution < -0.4 is 5.32 Å². The van der Waals surface area contributed by atoms with Gasteiger partial charge in [-0.25, -0.2) is 0 Å². The molecule has 12 heteroatoms. The number of carbonyl (C=O) groups excluding carboxylic acids is 4. The topological polar surface area (TPSA) is 120 Å². The summed E-state index contributed by atoms with van der Waals surface area (Å²) in [7, 11) is 0. The van der Waals surface area contributed by atoms with Gasteiger partial charge in [-0.2, -0.15) is 0 Å². The van der Waals surface area contributed by atoms with Crippen LogP contribution in [0.25, 0.3) is 0 Å². The van der Waals surface area contributed by atoms with Gasteiger partial charge in [0.1, 0.15) is 6.04 Å². The Hall–Kier alpha value is -1.58. The highest BCUT2D eigenvalue weighted by atomic mass is 127. The van der Waals surface area contributed by atoms with Crippen LogP contribution in [0.5, 0.6) is 0 Å². The van der Waals surface area contributed by atoms with Crippen molar-refractivity contribution in [3.8, 4) is 0 Å². The molecule has 0 saturated carbocycles. The van der Waals surface area contributed by atoms with E-state index in [1.165, 1.54) is 11.8 Å². The molecule has 1 N–H and O–H groups in total. The van der Waals surface area contributed by atoms with Crippen LogP contribution in [0.2, 0.25) is 0 Å². The summed E-state index contributed by atoms with van der Waals surface area (Å²) in [4.78, 5) is 51.2. The normalized spacial score (nSPS) is 17.7. The molecular formula is C23H29IN2O8S. The number of carbonyl (C=O) groups is 4. The molecule has 1 unspecified atom stereocenters. The maximum absolute atomic E-state index is 13.1. The fourth-order valence-corrected chi connectivity index (χ4v) is 4.88. The Balaban J connectivity index is 1.35. The second kappa shape index (κ2) is 14.9. The quantitative estimate of drug-likeness (QED) is 0.0968. The van der Waals surface area contributed by atoms with Gasteiger partial charge in [0.15, 0.2) is 0 Å². The smallest absolute Gasteiger partial charge is 0.263 e. The molecule has 3 rings (SSSR count). The third-order valence-corrected chi connectivity index (χ3v) is 6.72. The van der Waals surface area contributed by atoms with Crippen LogP contribution in [0.4, 0.5) is 0 Å². The van der Waals surface area contributed by atoms with Gasteiger partial charge in [0.2, 0.25) is 11.8 Å². The SMILES string of the molecule is O=C1CCC(N2C(=O)c3cccc(SCCOCCOCCOCCOCCI)c3C2=O)C(=O)N1. The van der Waals surface area contributed by atoms with Crippen molar-refractivity contribution >= 4 is 58.0 Å². The lowest BCUT2D eigenvalue weighted by Gasteiger charge is -2.27. The van der Waals surface area contributed by atoms with Gasteiger partial charge in [-0.05, 0) is 18.6 Å². The molecular weight excluding hydrogens is 591 g/mol. The van der Waals surface area contributed by atoms with Gasteiger partial charge in [0.25, 0.3) is 11.8 Å². The van der Waals surface area contributed by atoms with Crippen molar-refractivity contribution < 1.29 is 38.1 Å². The number of nitrogens with zero attached hydrogens (tertiary/aromatic N) is 1. The molecule has 10 nitrogen and oxygen atoms in total. The maximum Gasteiger partial charge on any atom is 0.263 e. The fourth-order valence-electron chi connectivity index (χ4n) is 3.63. The van der Waals surface area contributed by atoms with E-state index in [1.807, 2.05) is 0 Å². The van der Waals surface area contributed by atoms with Gasteiger partial charge < -0.3 is 18.9 Å². The van der Waals surface area contributed by atoms with Gasteiger partial charge in [-0.1, -0.05) is 28.7 Å². The van der Waals surface area contributed by atoms with Gasteiger partial charge in [0.05, 0.1) is 64.0 Å². The van der Waals surface area contributed by atoms with Crippen molar-refractivity contribution in [1.82, 2.24) is 10.2 Å². The highest BCUT2D eigenvalue weighted by molar-refractivity contribution is 14.1. The minimum atomic E-state index is -0.971. The van der Waals surface area contributed by atoms with Crippen LogP contribution in [0.15, 0.2) is 23.1 Å². The molecule has 2 heterocycles. The van der Waals surface area contributed by atoms with Crippen molar-refractivity contribution in [2.45, 2.75) is 23.8 Å². The molecule has 2 aliphatic rings. The zero-order valence-electron chi connectivity index (χ0n) is 19.3. The van der Waals surface area contributed by atoms with Crippen molar-refractivity contribution in [3.05, 3.63) is 29.3 Å². The number of ether oxygens (including phenoxy) is 4. The summed E-state index contributed by atoms with van der Waals surface area (Å²) in [6.07, 6.45) is 0.223. The maximum atomic E-state index is 13.1.